The van der Waals surface area contributed by atoms with Crippen LogP contribution in [0.2, 0.25) is 5.02 Å². The summed E-state index contributed by atoms with van der Waals surface area (Å²) >= 11 is 6.02. The summed E-state index contributed by atoms with van der Waals surface area (Å²) in [6.45, 7) is 4.01. The molecular weight excluding hydrogens is 352 g/mol. The van der Waals surface area contributed by atoms with Gasteiger partial charge in [-0.05, 0) is 54.4 Å². The molecule has 1 atom stereocenters. The molecule has 0 saturated heterocycles. The number of hydrogen-bond donors (Lipinski definition) is 2. The summed E-state index contributed by atoms with van der Waals surface area (Å²) in [4.78, 5) is 24.2. The molecule has 2 aromatic carbocycles. The first-order valence-corrected chi connectivity index (χ1v) is 8.93. The van der Waals surface area contributed by atoms with Crippen LogP contribution < -0.4 is 15.4 Å². The Bertz CT molecular complexity index is 818. The molecule has 0 aromatic heterocycles. The predicted octanol–water partition coefficient (Wildman–Crippen LogP) is 4.12. The zero-order chi connectivity index (χ0) is 18.7. The van der Waals surface area contributed by atoms with Crippen molar-refractivity contribution in [3.05, 3.63) is 53.1 Å². The molecule has 1 unspecified atom stereocenters. The zero-order valence-electron chi connectivity index (χ0n) is 14.7. The summed E-state index contributed by atoms with van der Waals surface area (Å²) in [5, 5.41) is 6.35. The van der Waals surface area contributed by atoms with E-state index in [0.29, 0.717) is 29.4 Å². The quantitative estimate of drug-likeness (QED) is 0.848. The molecule has 5 nitrogen and oxygen atoms in total. The zero-order valence-corrected chi connectivity index (χ0v) is 15.5. The Morgan fingerprint density at radius 3 is 2.38 bits per heavy atom. The predicted molar refractivity (Wildman–Crippen MR) is 103 cm³/mol. The molecule has 2 amide bonds. The Labute approximate surface area is 157 Å². The van der Waals surface area contributed by atoms with Crippen LogP contribution in [0.3, 0.4) is 0 Å². The molecule has 1 aliphatic rings. The maximum atomic E-state index is 12.5. The minimum absolute atomic E-state index is 0.0431. The number of carbonyl (C=O) groups excluding carboxylic acids is 2. The van der Waals surface area contributed by atoms with Crippen LogP contribution in [0, 0.1) is 11.8 Å². The highest BCUT2D eigenvalue weighted by Gasteiger charge is 2.26. The van der Waals surface area contributed by atoms with Crippen LogP contribution in [0.1, 0.15) is 19.4 Å². The Kier molecular flexibility index (Phi) is 5.47. The molecule has 26 heavy (non-hydrogen) atoms. The van der Waals surface area contributed by atoms with Crippen LogP contribution in [0.25, 0.3) is 0 Å². The van der Waals surface area contributed by atoms with Gasteiger partial charge in [-0.3, -0.25) is 9.59 Å². The first-order chi connectivity index (χ1) is 12.4. The van der Waals surface area contributed by atoms with Gasteiger partial charge >= 0.3 is 0 Å². The highest BCUT2D eigenvalue weighted by molar-refractivity contribution is 6.30. The second-order valence-electron chi connectivity index (χ2n) is 6.67. The number of benzene rings is 2. The van der Waals surface area contributed by atoms with E-state index in [1.165, 1.54) is 0 Å². The van der Waals surface area contributed by atoms with Crippen molar-refractivity contribution >= 4 is 34.8 Å². The third-order valence-electron chi connectivity index (χ3n) is 4.24. The second-order valence-corrected chi connectivity index (χ2v) is 7.11. The summed E-state index contributed by atoms with van der Waals surface area (Å²) in [5.41, 5.74) is 2.32. The minimum Gasteiger partial charge on any atom is -0.492 e. The fourth-order valence-electron chi connectivity index (χ4n) is 2.70. The minimum atomic E-state index is -0.277. The average molecular weight is 373 g/mol. The van der Waals surface area contributed by atoms with Gasteiger partial charge < -0.3 is 15.4 Å². The Hall–Kier alpha value is -2.53. The first-order valence-electron chi connectivity index (χ1n) is 8.55. The molecule has 0 fully saturated rings. The number of anilines is 2. The van der Waals surface area contributed by atoms with E-state index in [1.54, 1.807) is 30.3 Å². The molecule has 0 saturated carbocycles. The topological polar surface area (TPSA) is 67.4 Å². The molecule has 3 rings (SSSR count). The summed E-state index contributed by atoms with van der Waals surface area (Å²) in [6.07, 6.45) is 0.588. The van der Waals surface area contributed by atoms with Crippen LogP contribution in [-0.4, -0.2) is 18.4 Å². The van der Waals surface area contributed by atoms with Crippen molar-refractivity contribution < 1.29 is 14.3 Å². The van der Waals surface area contributed by atoms with Gasteiger partial charge in [0.2, 0.25) is 11.8 Å². The van der Waals surface area contributed by atoms with Crippen LogP contribution >= 0.6 is 11.6 Å². The number of nitrogens with one attached hydrogen (secondary N) is 2. The molecule has 2 aromatic rings. The van der Waals surface area contributed by atoms with Crippen molar-refractivity contribution in [2.75, 3.05) is 17.2 Å². The van der Waals surface area contributed by atoms with E-state index in [0.717, 1.165) is 11.3 Å². The largest absolute Gasteiger partial charge is 0.492 e. The molecule has 1 heterocycles. The summed E-state index contributed by atoms with van der Waals surface area (Å²) < 4.78 is 5.67. The fourth-order valence-corrected chi connectivity index (χ4v) is 2.89. The SMILES string of the molecule is CC(C)C(=O)Nc1ccc(NC(=O)C2COc3ccc(Cl)cc3C2)cc1. The lowest BCUT2D eigenvalue weighted by Crippen LogP contribution is -2.32. The molecule has 6 heteroatoms. The lowest BCUT2D eigenvalue weighted by atomic mass is 9.96. The first kappa shape index (κ1) is 18.3. The molecule has 136 valence electrons. The number of halogens is 1. The van der Waals surface area contributed by atoms with Gasteiger partial charge in [-0.15, -0.1) is 0 Å². The number of fused-ring (bicyclic) bond motifs is 1. The van der Waals surface area contributed by atoms with Crippen LogP contribution in [0.4, 0.5) is 11.4 Å². The Balaban J connectivity index is 1.61. The highest BCUT2D eigenvalue weighted by Crippen LogP contribution is 2.30. The molecule has 0 spiro atoms. The fraction of sp³-hybridized carbons (Fsp3) is 0.300. The van der Waals surface area contributed by atoms with E-state index in [-0.39, 0.29) is 23.7 Å². The monoisotopic (exact) mass is 372 g/mol. The average Bonchev–Trinajstić information content (AvgIpc) is 2.62. The van der Waals surface area contributed by atoms with Gasteiger partial charge in [0.15, 0.2) is 0 Å². The van der Waals surface area contributed by atoms with Gasteiger partial charge in [0, 0.05) is 22.3 Å². The maximum Gasteiger partial charge on any atom is 0.231 e. The summed E-state index contributed by atoms with van der Waals surface area (Å²) in [7, 11) is 0. The van der Waals surface area contributed by atoms with Crippen molar-refractivity contribution in [2.24, 2.45) is 11.8 Å². The lowest BCUT2D eigenvalue weighted by Gasteiger charge is -2.24. The van der Waals surface area contributed by atoms with Gasteiger partial charge in [-0.1, -0.05) is 25.4 Å². The van der Waals surface area contributed by atoms with Gasteiger partial charge in [-0.25, -0.2) is 0 Å². The van der Waals surface area contributed by atoms with Gasteiger partial charge in [0.25, 0.3) is 0 Å². The normalized spacial score (nSPS) is 15.8. The van der Waals surface area contributed by atoms with Crippen LogP contribution in [-0.2, 0) is 16.0 Å². The molecule has 0 bridgehead atoms. The van der Waals surface area contributed by atoms with Gasteiger partial charge in [-0.2, -0.15) is 0 Å². The smallest absolute Gasteiger partial charge is 0.231 e. The van der Waals surface area contributed by atoms with E-state index in [9.17, 15) is 9.59 Å². The number of hydrogen-bond acceptors (Lipinski definition) is 3. The van der Waals surface area contributed by atoms with E-state index >= 15 is 0 Å². The van der Waals surface area contributed by atoms with E-state index in [1.807, 2.05) is 26.0 Å². The third kappa shape index (κ3) is 4.35. The Morgan fingerprint density at radius 2 is 1.73 bits per heavy atom. The van der Waals surface area contributed by atoms with E-state index < -0.39 is 0 Å². The third-order valence-corrected chi connectivity index (χ3v) is 4.48. The molecule has 0 aliphatic carbocycles. The van der Waals surface area contributed by atoms with Gasteiger partial charge in [0.05, 0.1) is 5.92 Å². The molecular formula is C20H21ClN2O3. The van der Waals surface area contributed by atoms with Gasteiger partial charge in [0.1, 0.15) is 12.4 Å². The molecule has 2 N–H and O–H groups in total. The lowest BCUT2D eigenvalue weighted by molar-refractivity contribution is -0.121. The van der Waals surface area contributed by atoms with E-state index in [4.69, 9.17) is 16.3 Å². The van der Waals surface area contributed by atoms with Crippen LogP contribution in [0.5, 0.6) is 5.75 Å². The summed E-state index contributed by atoms with van der Waals surface area (Å²) in [5.74, 6) is 0.273. The summed E-state index contributed by atoms with van der Waals surface area (Å²) in [6, 6.07) is 12.5. The molecule has 0 radical (unpaired) electrons. The number of ether oxygens (including phenoxy) is 1. The highest BCUT2D eigenvalue weighted by atomic mass is 35.5. The van der Waals surface area contributed by atoms with Crippen molar-refractivity contribution in [2.45, 2.75) is 20.3 Å². The van der Waals surface area contributed by atoms with Crippen molar-refractivity contribution in [1.29, 1.82) is 0 Å². The molecule has 1 aliphatic heterocycles. The van der Waals surface area contributed by atoms with Crippen molar-refractivity contribution in [3.8, 4) is 5.75 Å². The van der Waals surface area contributed by atoms with Crippen LogP contribution in [0.15, 0.2) is 42.5 Å². The van der Waals surface area contributed by atoms with E-state index in [2.05, 4.69) is 10.6 Å². The second kappa shape index (κ2) is 7.79. The standard InChI is InChI=1S/C20H21ClN2O3/c1-12(2)19(24)22-16-4-6-17(7-5-16)23-20(25)14-9-13-10-15(21)3-8-18(13)26-11-14/h3-8,10,12,14H,9,11H2,1-2H3,(H,22,24)(H,23,25). The Morgan fingerprint density at radius 1 is 1.08 bits per heavy atom. The maximum absolute atomic E-state index is 12.5. The number of carbonyl (C=O) groups is 2. The van der Waals surface area contributed by atoms with Crippen molar-refractivity contribution in [1.82, 2.24) is 0 Å². The van der Waals surface area contributed by atoms with Crippen molar-refractivity contribution in [3.63, 3.8) is 0 Å². The number of amides is 2. The number of rotatable bonds is 4.